The van der Waals surface area contributed by atoms with Gasteiger partial charge in [0.25, 0.3) is 0 Å². The Morgan fingerprint density at radius 1 is 1.20 bits per heavy atom. The molecular formula is C16H20Cl2N2. The highest BCUT2D eigenvalue weighted by molar-refractivity contribution is 6.35. The molecule has 0 saturated heterocycles. The van der Waals surface area contributed by atoms with Gasteiger partial charge < -0.3 is 9.88 Å². The highest BCUT2D eigenvalue weighted by atomic mass is 35.5. The van der Waals surface area contributed by atoms with Crippen LogP contribution in [0.2, 0.25) is 10.0 Å². The Bertz CT molecular complexity index is 617. The lowest BCUT2D eigenvalue weighted by molar-refractivity contribution is 0.573. The minimum Gasteiger partial charge on any atom is -0.352 e. The van der Waals surface area contributed by atoms with Crippen molar-refractivity contribution in [1.29, 1.82) is 0 Å². The van der Waals surface area contributed by atoms with Crippen LogP contribution in [0, 0.1) is 13.8 Å². The lowest BCUT2D eigenvalue weighted by Crippen LogP contribution is -2.18. The summed E-state index contributed by atoms with van der Waals surface area (Å²) in [6.07, 6.45) is 0. The Hall–Kier alpha value is -0.960. The second-order valence-corrected chi connectivity index (χ2v) is 6.07. The number of nitrogens with zero attached hydrogens (tertiary/aromatic N) is 1. The number of hydrogen-bond donors (Lipinski definition) is 1. The molecule has 0 fully saturated rings. The molecule has 0 saturated carbocycles. The Kier molecular flexibility index (Phi) is 4.79. The van der Waals surface area contributed by atoms with E-state index in [-0.39, 0.29) is 6.04 Å². The Balaban J connectivity index is 2.08. The number of halogens is 2. The molecular weight excluding hydrogens is 291 g/mol. The molecule has 20 heavy (non-hydrogen) atoms. The van der Waals surface area contributed by atoms with Crippen molar-refractivity contribution in [2.75, 3.05) is 0 Å². The maximum atomic E-state index is 6.24. The molecule has 0 bridgehead atoms. The van der Waals surface area contributed by atoms with Gasteiger partial charge in [-0.15, -0.1) is 0 Å². The van der Waals surface area contributed by atoms with Crippen molar-refractivity contribution in [1.82, 2.24) is 9.88 Å². The van der Waals surface area contributed by atoms with Crippen LogP contribution < -0.4 is 5.32 Å². The van der Waals surface area contributed by atoms with Crippen LogP contribution in [0.25, 0.3) is 0 Å². The molecule has 0 amide bonds. The Labute approximate surface area is 130 Å². The smallest absolute Gasteiger partial charge is 0.0468 e. The van der Waals surface area contributed by atoms with Gasteiger partial charge in [0.05, 0.1) is 0 Å². The minimum atomic E-state index is 0.180. The van der Waals surface area contributed by atoms with Gasteiger partial charge in [-0.2, -0.15) is 0 Å². The van der Waals surface area contributed by atoms with Gasteiger partial charge >= 0.3 is 0 Å². The molecule has 0 aliphatic heterocycles. The van der Waals surface area contributed by atoms with Gasteiger partial charge in [0.15, 0.2) is 0 Å². The fourth-order valence-electron chi connectivity index (χ4n) is 2.34. The zero-order valence-electron chi connectivity index (χ0n) is 12.3. The summed E-state index contributed by atoms with van der Waals surface area (Å²) < 4.78 is 2.21. The average molecular weight is 311 g/mol. The fourth-order valence-corrected chi connectivity index (χ4v) is 2.91. The summed E-state index contributed by atoms with van der Waals surface area (Å²) in [5, 5.41) is 4.89. The molecule has 1 unspecified atom stereocenters. The van der Waals surface area contributed by atoms with Crippen molar-refractivity contribution in [2.24, 2.45) is 7.05 Å². The van der Waals surface area contributed by atoms with Gasteiger partial charge in [-0.25, -0.2) is 0 Å². The van der Waals surface area contributed by atoms with Gasteiger partial charge in [-0.3, -0.25) is 0 Å². The average Bonchev–Trinajstić information content (AvgIpc) is 2.63. The second-order valence-electron chi connectivity index (χ2n) is 5.22. The van der Waals surface area contributed by atoms with E-state index in [0.717, 1.165) is 12.1 Å². The molecule has 2 rings (SSSR count). The highest BCUT2D eigenvalue weighted by Crippen LogP contribution is 2.26. The molecule has 1 aromatic carbocycles. The van der Waals surface area contributed by atoms with Crippen molar-refractivity contribution in [2.45, 2.75) is 33.4 Å². The van der Waals surface area contributed by atoms with Crippen LogP contribution in [-0.2, 0) is 13.6 Å². The van der Waals surface area contributed by atoms with E-state index < -0.39 is 0 Å². The van der Waals surface area contributed by atoms with E-state index in [1.165, 1.54) is 17.0 Å². The first-order valence-corrected chi connectivity index (χ1v) is 7.46. The van der Waals surface area contributed by atoms with E-state index >= 15 is 0 Å². The molecule has 2 nitrogen and oxygen atoms in total. The lowest BCUT2D eigenvalue weighted by Gasteiger charge is -2.16. The highest BCUT2D eigenvalue weighted by Gasteiger charge is 2.11. The summed E-state index contributed by atoms with van der Waals surface area (Å²) in [7, 11) is 2.09. The summed E-state index contributed by atoms with van der Waals surface area (Å²) >= 11 is 12.2. The molecule has 0 aliphatic carbocycles. The summed E-state index contributed by atoms with van der Waals surface area (Å²) in [5.74, 6) is 0. The zero-order chi connectivity index (χ0) is 14.9. The van der Waals surface area contributed by atoms with Crippen molar-refractivity contribution >= 4 is 23.2 Å². The first kappa shape index (κ1) is 15.4. The Morgan fingerprint density at radius 3 is 2.45 bits per heavy atom. The quantitative estimate of drug-likeness (QED) is 0.858. The molecule has 1 N–H and O–H groups in total. The minimum absolute atomic E-state index is 0.180. The predicted molar refractivity (Wildman–Crippen MR) is 86.6 cm³/mol. The van der Waals surface area contributed by atoms with Gasteiger partial charge in [0.1, 0.15) is 0 Å². The molecule has 4 heteroatoms. The van der Waals surface area contributed by atoms with E-state index in [1.807, 2.05) is 12.1 Å². The van der Waals surface area contributed by atoms with Crippen LogP contribution in [0.3, 0.4) is 0 Å². The molecule has 2 aromatic rings. The first-order chi connectivity index (χ1) is 9.40. The van der Waals surface area contributed by atoms with Crippen molar-refractivity contribution in [3.8, 4) is 0 Å². The summed E-state index contributed by atoms with van der Waals surface area (Å²) in [5.41, 5.74) is 4.96. The predicted octanol–water partition coefficient (Wildman–Crippen LogP) is 4.80. The van der Waals surface area contributed by atoms with Crippen LogP contribution in [0.4, 0.5) is 0 Å². The van der Waals surface area contributed by atoms with Crippen LogP contribution in [0.5, 0.6) is 0 Å². The number of aromatic nitrogens is 1. The number of rotatable bonds is 4. The third kappa shape index (κ3) is 3.20. The Morgan fingerprint density at radius 2 is 1.90 bits per heavy atom. The van der Waals surface area contributed by atoms with E-state index in [9.17, 15) is 0 Å². The van der Waals surface area contributed by atoms with E-state index in [1.54, 1.807) is 6.07 Å². The van der Waals surface area contributed by atoms with Crippen molar-refractivity contribution in [3.05, 3.63) is 56.8 Å². The first-order valence-electron chi connectivity index (χ1n) is 6.70. The fraction of sp³-hybridized carbons (Fsp3) is 0.375. The van der Waals surface area contributed by atoms with Crippen LogP contribution in [0.1, 0.15) is 35.5 Å². The maximum Gasteiger partial charge on any atom is 0.0468 e. The van der Waals surface area contributed by atoms with E-state index in [0.29, 0.717) is 10.0 Å². The zero-order valence-corrected chi connectivity index (χ0v) is 13.8. The SMILES string of the molecule is Cc1cc(CNC(C)c2ccc(Cl)cc2Cl)c(C)n1C. The molecule has 0 radical (unpaired) electrons. The molecule has 108 valence electrons. The monoisotopic (exact) mass is 310 g/mol. The van der Waals surface area contributed by atoms with Crippen LogP contribution in [-0.4, -0.2) is 4.57 Å². The van der Waals surface area contributed by atoms with E-state index in [2.05, 4.69) is 43.8 Å². The van der Waals surface area contributed by atoms with Gasteiger partial charge in [0.2, 0.25) is 0 Å². The number of aryl methyl sites for hydroxylation is 1. The summed E-state index contributed by atoms with van der Waals surface area (Å²) in [6, 6.07) is 8.04. The third-order valence-electron chi connectivity index (χ3n) is 3.91. The maximum absolute atomic E-state index is 6.24. The number of hydrogen-bond acceptors (Lipinski definition) is 1. The van der Waals surface area contributed by atoms with Gasteiger partial charge in [0, 0.05) is 41.1 Å². The standard InChI is InChI=1S/C16H20Cl2N2/c1-10-7-13(12(3)20(10)4)9-19-11(2)15-6-5-14(17)8-16(15)18/h5-8,11,19H,9H2,1-4H3. The van der Waals surface area contributed by atoms with Crippen molar-refractivity contribution < 1.29 is 0 Å². The summed E-state index contributed by atoms with van der Waals surface area (Å²) in [4.78, 5) is 0. The number of benzene rings is 1. The van der Waals surface area contributed by atoms with Gasteiger partial charge in [-0.05, 0) is 50.1 Å². The molecule has 1 atom stereocenters. The molecule has 1 aromatic heterocycles. The molecule has 1 heterocycles. The summed E-state index contributed by atoms with van der Waals surface area (Å²) in [6.45, 7) is 7.20. The largest absolute Gasteiger partial charge is 0.352 e. The van der Waals surface area contributed by atoms with Crippen LogP contribution >= 0.6 is 23.2 Å². The van der Waals surface area contributed by atoms with Crippen LogP contribution in [0.15, 0.2) is 24.3 Å². The van der Waals surface area contributed by atoms with Crippen molar-refractivity contribution in [3.63, 3.8) is 0 Å². The second kappa shape index (κ2) is 6.21. The van der Waals surface area contributed by atoms with E-state index in [4.69, 9.17) is 23.2 Å². The normalized spacial score (nSPS) is 12.7. The number of nitrogens with one attached hydrogen (secondary N) is 1. The lowest BCUT2D eigenvalue weighted by atomic mass is 10.1. The third-order valence-corrected chi connectivity index (χ3v) is 4.47. The molecule has 0 aliphatic rings. The molecule has 0 spiro atoms. The van der Waals surface area contributed by atoms with Gasteiger partial charge in [-0.1, -0.05) is 29.3 Å². The topological polar surface area (TPSA) is 17.0 Å².